The summed E-state index contributed by atoms with van der Waals surface area (Å²) in [5.41, 5.74) is 8.18. The highest BCUT2D eigenvalue weighted by Crippen LogP contribution is 2.29. The molecular formula is C15H23ClN2O2S. The van der Waals surface area contributed by atoms with Gasteiger partial charge in [0.25, 0.3) is 0 Å². The molecule has 1 saturated heterocycles. The van der Waals surface area contributed by atoms with E-state index in [9.17, 15) is 8.42 Å². The normalized spacial score (nSPS) is 22.2. The molecule has 2 atom stereocenters. The molecule has 118 valence electrons. The smallest absolute Gasteiger partial charge is 0.152 e. The Morgan fingerprint density at radius 3 is 2.76 bits per heavy atom. The third kappa shape index (κ3) is 4.11. The molecule has 6 heteroatoms. The van der Waals surface area contributed by atoms with Crippen molar-refractivity contribution in [3.05, 3.63) is 28.8 Å². The number of benzene rings is 1. The Hall–Kier alpha value is -0.780. The largest absolute Gasteiger partial charge is 0.370 e. The highest BCUT2D eigenvalue weighted by molar-refractivity contribution is 7.91. The molecule has 2 rings (SSSR count). The molecule has 0 bridgehead atoms. The van der Waals surface area contributed by atoms with Gasteiger partial charge < -0.3 is 10.6 Å². The quantitative estimate of drug-likeness (QED) is 0.899. The fourth-order valence-corrected chi connectivity index (χ4v) is 4.68. The average molecular weight is 331 g/mol. The summed E-state index contributed by atoms with van der Waals surface area (Å²) in [5, 5.41) is 0.659. The second-order valence-electron chi connectivity index (χ2n) is 5.81. The molecular weight excluding hydrogens is 308 g/mol. The zero-order valence-corrected chi connectivity index (χ0v) is 14.1. The molecule has 0 aliphatic carbocycles. The number of hydrogen-bond acceptors (Lipinski definition) is 4. The van der Waals surface area contributed by atoms with Crippen molar-refractivity contribution in [2.24, 2.45) is 5.73 Å². The number of anilines is 1. The first kappa shape index (κ1) is 16.6. The fraction of sp³-hybridized carbons (Fsp3) is 0.600. The Labute approximate surface area is 132 Å². The molecule has 21 heavy (non-hydrogen) atoms. The van der Waals surface area contributed by atoms with Crippen LogP contribution >= 0.6 is 11.6 Å². The predicted molar refractivity (Wildman–Crippen MR) is 88.9 cm³/mol. The van der Waals surface area contributed by atoms with Crippen LogP contribution in [0, 0.1) is 0 Å². The van der Waals surface area contributed by atoms with Crippen LogP contribution in [0.1, 0.15) is 25.3 Å². The Kier molecular flexibility index (Phi) is 5.17. The van der Waals surface area contributed by atoms with Gasteiger partial charge in [0.15, 0.2) is 9.84 Å². The second-order valence-corrected chi connectivity index (χ2v) is 8.48. The Balaban J connectivity index is 2.27. The highest BCUT2D eigenvalue weighted by Gasteiger charge is 2.31. The van der Waals surface area contributed by atoms with E-state index in [-0.39, 0.29) is 23.6 Å². The maximum absolute atomic E-state index is 11.7. The lowest BCUT2D eigenvalue weighted by Gasteiger charge is -2.29. The lowest BCUT2D eigenvalue weighted by molar-refractivity contribution is 0.600. The van der Waals surface area contributed by atoms with Crippen LogP contribution in [-0.2, 0) is 16.3 Å². The fourth-order valence-electron chi connectivity index (χ4n) is 2.74. The minimum absolute atomic E-state index is 0.0186. The van der Waals surface area contributed by atoms with Gasteiger partial charge in [-0.05, 0) is 37.0 Å². The van der Waals surface area contributed by atoms with E-state index in [1.807, 2.05) is 30.1 Å². The summed E-state index contributed by atoms with van der Waals surface area (Å²) in [5.74, 6) is 0.488. The van der Waals surface area contributed by atoms with E-state index >= 15 is 0 Å². The van der Waals surface area contributed by atoms with Crippen molar-refractivity contribution in [3.8, 4) is 0 Å². The van der Waals surface area contributed by atoms with Crippen molar-refractivity contribution >= 4 is 27.1 Å². The summed E-state index contributed by atoms with van der Waals surface area (Å²) >= 11 is 6.12. The zero-order chi connectivity index (χ0) is 15.6. The number of sulfone groups is 1. The van der Waals surface area contributed by atoms with E-state index in [1.165, 1.54) is 0 Å². The molecule has 2 N–H and O–H groups in total. The maximum Gasteiger partial charge on any atom is 0.152 e. The SMILES string of the molecule is CCC(N)Cc1ccc(Cl)cc1N(C)C1CCS(=O)(=O)C1. The number of halogens is 1. The van der Waals surface area contributed by atoms with E-state index in [0.717, 1.165) is 24.1 Å². The van der Waals surface area contributed by atoms with Crippen molar-refractivity contribution < 1.29 is 8.42 Å². The molecule has 1 aliphatic rings. The van der Waals surface area contributed by atoms with E-state index in [4.69, 9.17) is 17.3 Å². The first-order valence-electron chi connectivity index (χ1n) is 7.29. The summed E-state index contributed by atoms with van der Waals surface area (Å²) in [7, 11) is -0.956. The van der Waals surface area contributed by atoms with E-state index in [1.54, 1.807) is 0 Å². The van der Waals surface area contributed by atoms with Gasteiger partial charge in [0.2, 0.25) is 0 Å². The van der Waals surface area contributed by atoms with Gasteiger partial charge in [-0.25, -0.2) is 8.42 Å². The summed E-state index contributed by atoms with van der Waals surface area (Å²) in [4.78, 5) is 2.05. The van der Waals surface area contributed by atoms with Gasteiger partial charge in [-0.1, -0.05) is 24.6 Å². The molecule has 1 fully saturated rings. The van der Waals surface area contributed by atoms with Crippen molar-refractivity contribution in [2.75, 3.05) is 23.5 Å². The number of nitrogens with zero attached hydrogens (tertiary/aromatic N) is 1. The lowest BCUT2D eigenvalue weighted by atomic mass is 10.0. The van der Waals surface area contributed by atoms with E-state index in [0.29, 0.717) is 11.4 Å². The van der Waals surface area contributed by atoms with Gasteiger partial charge in [0.05, 0.1) is 11.5 Å². The average Bonchev–Trinajstić information content (AvgIpc) is 2.80. The number of rotatable bonds is 5. The summed E-state index contributed by atoms with van der Waals surface area (Å²) in [6.07, 6.45) is 2.35. The maximum atomic E-state index is 11.7. The van der Waals surface area contributed by atoms with Crippen LogP contribution in [0.25, 0.3) is 0 Å². The number of nitrogens with two attached hydrogens (primary N) is 1. The molecule has 0 amide bonds. The monoisotopic (exact) mass is 330 g/mol. The molecule has 1 aromatic carbocycles. The van der Waals surface area contributed by atoms with Crippen LogP contribution < -0.4 is 10.6 Å². The Morgan fingerprint density at radius 2 is 2.19 bits per heavy atom. The van der Waals surface area contributed by atoms with Crippen molar-refractivity contribution in [3.63, 3.8) is 0 Å². The highest BCUT2D eigenvalue weighted by atomic mass is 35.5. The van der Waals surface area contributed by atoms with Gasteiger partial charge in [-0.3, -0.25) is 0 Å². The van der Waals surface area contributed by atoms with Crippen LogP contribution in [0.5, 0.6) is 0 Å². The molecule has 1 aromatic rings. The zero-order valence-electron chi connectivity index (χ0n) is 12.5. The van der Waals surface area contributed by atoms with Gasteiger partial charge >= 0.3 is 0 Å². The van der Waals surface area contributed by atoms with Gasteiger partial charge in [-0.15, -0.1) is 0 Å². The standard InChI is InChI=1S/C15H23ClN2O2S/c1-3-13(17)8-11-4-5-12(16)9-15(11)18(2)14-6-7-21(19,20)10-14/h4-5,9,13-14H,3,6-8,10,17H2,1-2H3. The summed E-state index contributed by atoms with van der Waals surface area (Å²) in [6.45, 7) is 2.06. The number of hydrogen-bond donors (Lipinski definition) is 1. The van der Waals surface area contributed by atoms with Crippen LogP contribution in [0.3, 0.4) is 0 Å². The third-order valence-corrected chi connectivity index (χ3v) is 6.18. The Bertz CT molecular complexity index is 604. The summed E-state index contributed by atoms with van der Waals surface area (Å²) < 4.78 is 23.4. The third-order valence-electron chi connectivity index (χ3n) is 4.19. The van der Waals surface area contributed by atoms with Gasteiger partial charge in [0, 0.05) is 29.8 Å². The minimum atomic E-state index is -2.90. The molecule has 0 radical (unpaired) electrons. The molecule has 1 heterocycles. The Morgan fingerprint density at radius 1 is 1.48 bits per heavy atom. The lowest BCUT2D eigenvalue weighted by Crippen LogP contribution is -2.34. The first-order valence-corrected chi connectivity index (χ1v) is 9.49. The van der Waals surface area contributed by atoms with Gasteiger partial charge in [-0.2, -0.15) is 0 Å². The van der Waals surface area contributed by atoms with Crippen LogP contribution in [-0.4, -0.2) is 39.1 Å². The first-order chi connectivity index (χ1) is 9.82. The van der Waals surface area contributed by atoms with Crippen LogP contribution in [0.4, 0.5) is 5.69 Å². The molecule has 0 aromatic heterocycles. The minimum Gasteiger partial charge on any atom is -0.370 e. The molecule has 1 aliphatic heterocycles. The predicted octanol–water partition coefficient (Wildman–Crippen LogP) is 2.24. The van der Waals surface area contributed by atoms with Crippen molar-refractivity contribution in [1.29, 1.82) is 0 Å². The van der Waals surface area contributed by atoms with E-state index < -0.39 is 9.84 Å². The van der Waals surface area contributed by atoms with E-state index in [2.05, 4.69) is 6.92 Å². The van der Waals surface area contributed by atoms with Crippen molar-refractivity contribution in [1.82, 2.24) is 0 Å². The molecule has 0 spiro atoms. The topological polar surface area (TPSA) is 63.4 Å². The molecule has 2 unspecified atom stereocenters. The van der Waals surface area contributed by atoms with Gasteiger partial charge in [0.1, 0.15) is 0 Å². The van der Waals surface area contributed by atoms with Crippen LogP contribution in [0.2, 0.25) is 5.02 Å². The molecule has 0 saturated carbocycles. The van der Waals surface area contributed by atoms with Crippen LogP contribution in [0.15, 0.2) is 18.2 Å². The van der Waals surface area contributed by atoms with Crippen molar-refractivity contribution in [2.45, 2.75) is 38.3 Å². The summed E-state index contributed by atoms with van der Waals surface area (Å²) in [6, 6.07) is 5.88. The molecule has 4 nitrogen and oxygen atoms in total. The second kappa shape index (κ2) is 6.55.